The highest BCUT2D eigenvalue weighted by Crippen LogP contribution is 2.30. The van der Waals surface area contributed by atoms with Gasteiger partial charge in [0.25, 0.3) is 11.8 Å². The van der Waals surface area contributed by atoms with Crippen LogP contribution in [0.3, 0.4) is 0 Å². The third-order valence-electron chi connectivity index (χ3n) is 5.33. The molecule has 0 bridgehead atoms. The highest BCUT2D eigenvalue weighted by molar-refractivity contribution is 9.10. The van der Waals surface area contributed by atoms with Crippen molar-refractivity contribution < 1.29 is 28.3 Å². The second kappa shape index (κ2) is 10.4. The molecule has 0 spiro atoms. The van der Waals surface area contributed by atoms with Crippen LogP contribution in [0.1, 0.15) is 28.6 Å². The van der Waals surface area contributed by atoms with Gasteiger partial charge in [-0.1, -0.05) is 35.0 Å². The van der Waals surface area contributed by atoms with Crippen molar-refractivity contribution in [2.75, 3.05) is 11.5 Å². The Morgan fingerprint density at radius 2 is 1.97 bits per heavy atom. The fourth-order valence-corrected chi connectivity index (χ4v) is 4.05. The first kappa shape index (κ1) is 24.6. The number of hydrogen-bond donors (Lipinski definition) is 1. The molecule has 0 radical (unpaired) electrons. The standard InChI is InChI=1S/C26H18BrN3O6/c1-2-15-13-18(27)6-8-21(15)30-24(32)20(23(31)29-26(30)34)14-19-7-9-22(36-19)16-4-3-5-17(12-16)25(33)35-11-10-28/h3-9,12-14H,2,11H2,1H3,(H,29,31,34). The van der Waals surface area contributed by atoms with Crippen LogP contribution in [0.15, 0.2) is 69.1 Å². The molecule has 2 heterocycles. The second-order valence-electron chi connectivity index (χ2n) is 7.60. The summed E-state index contributed by atoms with van der Waals surface area (Å²) in [4.78, 5) is 51.3. The number of halogens is 1. The average molecular weight is 548 g/mol. The molecule has 0 aliphatic carbocycles. The Balaban J connectivity index is 1.64. The minimum atomic E-state index is -0.836. The molecule has 36 heavy (non-hydrogen) atoms. The third-order valence-corrected chi connectivity index (χ3v) is 5.82. The number of esters is 1. The number of urea groups is 1. The van der Waals surface area contributed by atoms with Gasteiger partial charge < -0.3 is 9.15 Å². The fraction of sp³-hybridized carbons (Fsp3) is 0.115. The maximum Gasteiger partial charge on any atom is 0.339 e. The number of benzene rings is 2. The number of nitrogens with one attached hydrogen (secondary N) is 1. The second-order valence-corrected chi connectivity index (χ2v) is 8.52. The number of amides is 4. The summed E-state index contributed by atoms with van der Waals surface area (Å²) in [6.07, 6.45) is 1.82. The summed E-state index contributed by atoms with van der Waals surface area (Å²) >= 11 is 3.38. The van der Waals surface area contributed by atoms with Crippen LogP contribution in [0.2, 0.25) is 0 Å². The summed E-state index contributed by atoms with van der Waals surface area (Å²) in [5.41, 5.74) is 1.63. The third kappa shape index (κ3) is 4.96. The van der Waals surface area contributed by atoms with Gasteiger partial charge in [0, 0.05) is 10.0 Å². The Morgan fingerprint density at radius 3 is 2.72 bits per heavy atom. The van der Waals surface area contributed by atoms with Crippen LogP contribution in [0.4, 0.5) is 10.5 Å². The highest BCUT2D eigenvalue weighted by Gasteiger charge is 2.37. The quantitative estimate of drug-likeness (QED) is 0.270. The van der Waals surface area contributed by atoms with Crippen molar-refractivity contribution >= 4 is 51.5 Å². The maximum atomic E-state index is 13.2. The van der Waals surface area contributed by atoms with Gasteiger partial charge in [0.15, 0.2) is 6.61 Å². The van der Waals surface area contributed by atoms with Gasteiger partial charge in [-0.05, 0) is 60.5 Å². The number of hydrogen-bond acceptors (Lipinski definition) is 7. The van der Waals surface area contributed by atoms with E-state index in [1.54, 1.807) is 54.6 Å². The number of anilines is 1. The molecule has 1 aromatic heterocycles. The molecule has 0 atom stereocenters. The van der Waals surface area contributed by atoms with Gasteiger partial charge in [0.2, 0.25) is 0 Å². The molecule has 0 unspecified atom stereocenters. The fourth-order valence-electron chi connectivity index (χ4n) is 3.64. The number of rotatable bonds is 6. The summed E-state index contributed by atoms with van der Waals surface area (Å²) < 4.78 is 11.4. The van der Waals surface area contributed by atoms with E-state index in [1.165, 1.54) is 12.1 Å². The van der Waals surface area contributed by atoms with E-state index in [9.17, 15) is 19.2 Å². The lowest BCUT2D eigenvalue weighted by atomic mass is 10.1. The molecule has 1 saturated heterocycles. The number of nitriles is 1. The van der Waals surface area contributed by atoms with E-state index in [-0.39, 0.29) is 23.5 Å². The van der Waals surface area contributed by atoms with Gasteiger partial charge in [-0.3, -0.25) is 14.9 Å². The molecule has 1 aliphatic rings. The van der Waals surface area contributed by atoms with Crippen molar-refractivity contribution in [2.24, 2.45) is 0 Å². The number of imide groups is 2. The lowest BCUT2D eigenvalue weighted by Gasteiger charge is -2.28. The molecule has 3 aromatic rings. The SMILES string of the molecule is CCc1cc(Br)ccc1N1C(=O)NC(=O)C(=Cc2ccc(-c3cccc(C(=O)OCC#N)c3)o2)C1=O. The Morgan fingerprint density at radius 1 is 1.17 bits per heavy atom. The summed E-state index contributed by atoms with van der Waals surface area (Å²) in [5.74, 6) is -1.70. The van der Waals surface area contributed by atoms with Crippen LogP contribution in [0.25, 0.3) is 17.4 Å². The molecule has 1 fully saturated rings. The van der Waals surface area contributed by atoms with Crippen LogP contribution in [-0.4, -0.2) is 30.4 Å². The number of nitrogens with zero attached hydrogens (tertiary/aromatic N) is 2. The van der Waals surface area contributed by atoms with Crippen molar-refractivity contribution in [3.05, 3.63) is 81.5 Å². The zero-order valence-corrected chi connectivity index (χ0v) is 20.5. The topological polar surface area (TPSA) is 130 Å². The van der Waals surface area contributed by atoms with E-state index < -0.39 is 23.8 Å². The number of furan rings is 1. The predicted octanol–water partition coefficient (Wildman–Crippen LogP) is 4.62. The van der Waals surface area contributed by atoms with E-state index in [0.29, 0.717) is 23.4 Å². The first-order valence-corrected chi connectivity index (χ1v) is 11.6. The molecule has 180 valence electrons. The maximum absolute atomic E-state index is 13.2. The molecular weight excluding hydrogens is 530 g/mol. The summed E-state index contributed by atoms with van der Waals surface area (Å²) in [5, 5.41) is 10.8. The summed E-state index contributed by atoms with van der Waals surface area (Å²) in [6.45, 7) is 1.53. The predicted molar refractivity (Wildman–Crippen MR) is 133 cm³/mol. The van der Waals surface area contributed by atoms with Crippen molar-refractivity contribution in [3.8, 4) is 17.4 Å². The summed E-state index contributed by atoms with van der Waals surface area (Å²) in [6, 6.07) is 15.6. The van der Waals surface area contributed by atoms with Gasteiger partial charge >= 0.3 is 12.0 Å². The van der Waals surface area contributed by atoms with Crippen LogP contribution in [0, 0.1) is 11.3 Å². The van der Waals surface area contributed by atoms with E-state index in [0.717, 1.165) is 14.9 Å². The molecular formula is C26H18BrN3O6. The largest absolute Gasteiger partial charge is 0.457 e. The van der Waals surface area contributed by atoms with Crippen LogP contribution in [0.5, 0.6) is 0 Å². The van der Waals surface area contributed by atoms with Gasteiger partial charge in [-0.15, -0.1) is 0 Å². The zero-order chi connectivity index (χ0) is 25.8. The lowest BCUT2D eigenvalue weighted by Crippen LogP contribution is -2.54. The van der Waals surface area contributed by atoms with E-state index >= 15 is 0 Å². The Kier molecular flexibility index (Phi) is 7.12. The number of carbonyl (C=O) groups is 4. The van der Waals surface area contributed by atoms with Crippen molar-refractivity contribution in [1.29, 1.82) is 5.26 Å². The van der Waals surface area contributed by atoms with E-state index in [2.05, 4.69) is 21.2 Å². The van der Waals surface area contributed by atoms with Gasteiger partial charge in [-0.25, -0.2) is 14.5 Å². The molecule has 1 N–H and O–H groups in total. The molecule has 9 nitrogen and oxygen atoms in total. The summed E-state index contributed by atoms with van der Waals surface area (Å²) in [7, 11) is 0. The van der Waals surface area contributed by atoms with Gasteiger partial charge in [-0.2, -0.15) is 5.26 Å². The number of barbiturate groups is 1. The molecule has 0 saturated carbocycles. The highest BCUT2D eigenvalue weighted by atomic mass is 79.9. The first-order valence-electron chi connectivity index (χ1n) is 10.8. The smallest absolute Gasteiger partial charge is 0.339 e. The number of ether oxygens (including phenoxy) is 1. The Bertz CT molecular complexity index is 1470. The van der Waals surface area contributed by atoms with Crippen LogP contribution < -0.4 is 10.2 Å². The first-order chi connectivity index (χ1) is 17.3. The molecule has 1 aliphatic heterocycles. The number of carbonyl (C=O) groups excluding carboxylic acids is 4. The Labute approximate surface area is 214 Å². The van der Waals surface area contributed by atoms with Crippen molar-refractivity contribution in [1.82, 2.24) is 5.32 Å². The zero-order valence-electron chi connectivity index (χ0n) is 18.9. The van der Waals surface area contributed by atoms with E-state index in [1.807, 2.05) is 6.92 Å². The monoisotopic (exact) mass is 547 g/mol. The minimum Gasteiger partial charge on any atom is -0.457 e. The van der Waals surface area contributed by atoms with Gasteiger partial charge in [0.1, 0.15) is 23.2 Å². The van der Waals surface area contributed by atoms with E-state index in [4.69, 9.17) is 14.4 Å². The minimum absolute atomic E-state index is 0.196. The average Bonchev–Trinajstić information content (AvgIpc) is 3.34. The molecule has 4 amide bonds. The molecule has 10 heteroatoms. The Hall–Kier alpha value is -4.49. The van der Waals surface area contributed by atoms with Gasteiger partial charge in [0.05, 0.1) is 11.3 Å². The normalized spacial score (nSPS) is 14.5. The van der Waals surface area contributed by atoms with Crippen LogP contribution >= 0.6 is 15.9 Å². The van der Waals surface area contributed by atoms with Crippen molar-refractivity contribution in [2.45, 2.75) is 13.3 Å². The molecule has 2 aromatic carbocycles. The lowest BCUT2D eigenvalue weighted by molar-refractivity contribution is -0.122. The van der Waals surface area contributed by atoms with Crippen LogP contribution in [-0.2, 0) is 20.7 Å². The van der Waals surface area contributed by atoms with Crippen molar-refractivity contribution in [3.63, 3.8) is 0 Å². The molecule has 4 rings (SSSR count). The number of aryl methyl sites for hydroxylation is 1.